The second-order valence-electron chi connectivity index (χ2n) is 5.41. The molecular weight excluding hydrogens is 381 g/mol. The monoisotopic (exact) mass is 397 g/mol. The van der Waals surface area contributed by atoms with Gasteiger partial charge in [0, 0.05) is 12.1 Å². The van der Waals surface area contributed by atoms with Crippen LogP contribution in [0.3, 0.4) is 0 Å². The highest BCUT2D eigenvalue weighted by Gasteiger charge is 2.24. The van der Waals surface area contributed by atoms with Crippen LogP contribution >= 0.6 is 0 Å². The fourth-order valence-corrected chi connectivity index (χ4v) is 3.12. The van der Waals surface area contributed by atoms with Crippen molar-refractivity contribution >= 4 is 33.0 Å². The summed E-state index contributed by atoms with van der Waals surface area (Å²) in [7, 11) is -2.67. The normalized spacial score (nSPS) is 10.9. The Balaban J connectivity index is 2.31. The second-order valence-corrected chi connectivity index (χ2v) is 7.32. The van der Waals surface area contributed by atoms with Crippen molar-refractivity contribution in [3.05, 3.63) is 58.4 Å². The van der Waals surface area contributed by atoms with Gasteiger partial charge in [-0.05, 0) is 18.2 Å². The molecule has 0 aliphatic rings. The molecule has 0 atom stereocenters. The first kappa shape index (κ1) is 20.1. The van der Waals surface area contributed by atoms with Crippen LogP contribution in [-0.2, 0) is 14.8 Å². The number of carbonyl (C=O) groups excluding carboxylic acids is 1. The number of nitrogens with one attached hydrogen (secondary N) is 1. The molecule has 0 aliphatic heterocycles. The topological polar surface area (TPSA) is 119 Å². The van der Waals surface area contributed by atoms with Crippen molar-refractivity contribution in [2.45, 2.75) is 0 Å². The predicted octanol–water partition coefficient (Wildman–Crippen LogP) is 2.15. The van der Waals surface area contributed by atoms with Crippen molar-refractivity contribution < 1.29 is 27.3 Å². The summed E-state index contributed by atoms with van der Waals surface area (Å²) in [5.41, 5.74) is -0.597. The van der Waals surface area contributed by atoms with Gasteiger partial charge >= 0.3 is 0 Å². The zero-order chi connectivity index (χ0) is 20.2. The standard InChI is InChI=1S/C16H16FN3O6S/c1-26-15-8-7-11(20(22)23)9-13(15)18-16(21)10-19(27(2,24)25)14-6-4-3-5-12(14)17/h3-9H,10H2,1-2H3,(H,18,21). The third-order valence-corrected chi connectivity index (χ3v) is 4.60. The van der Waals surface area contributed by atoms with Crippen LogP contribution in [0.5, 0.6) is 5.75 Å². The summed E-state index contributed by atoms with van der Waals surface area (Å²) in [6, 6.07) is 8.65. The highest BCUT2D eigenvalue weighted by Crippen LogP contribution is 2.29. The van der Waals surface area contributed by atoms with Gasteiger partial charge in [0.2, 0.25) is 15.9 Å². The number of ether oxygens (including phenoxy) is 1. The van der Waals surface area contributed by atoms with Crippen molar-refractivity contribution in [1.82, 2.24) is 0 Å². The highest BCUT2D eigenvalue weighted by molar-refractivity contribution is 7.92. The maximum atomic E-state index is 14.0. The van der Waals surface area contributed by atoms with Gasteiger partial charge in [0.15, 0.2) is 0 Å². The number of amides is 1. The van der Waals surface area contributed by atoms with Gasteiger partial charge < -0.3 is 10.1 Å². The smallest absolute Gasteiger partial charge is 0.271 e. The van der Waals surface area contributed by atoms with E-state index in [1.54, 1.807) is 0 Å². The van der Waals surface area contributed by atoms with E-state index in [0.29, 0.717) is 4.31 Å². The first-order valence-electron chi connectivity index (χ1n) is 7.48. The van der Waals surface area contributed by atoms with Crippen molar-refractivity contribution in [3.8, 4) is 5.75 Å². The summed E-state index contributed by atoms with van der Waals surface area (Å²) in [6.45, 7) is -0.731. The summed E-state index contributed by atoms with van der Waals surface area (Å²) in [4.78, 5) is 22.6. The van der Waals surface area contributed by atoms with Gasteiger partial charge in [-0.3, -0.25) is 19.2 Å². The molecule has 2 rings (SSSR count). The Kier molecular flexibility index (Phi) is 5.95. The maximum absolute atomic E-state index is 14.0. The Labute approximate surface area is 154 Å². The van der Waals surface area contributed by atoms with Crippen molar-refractivity contribution in [2.75, 3.05) is 29.5 Å². The van der Waals surface area contributed by atoms with E-state index in [9.17, 15) is 27.7 Å². The first-order valence-corrected chi connectivity index (χ1v) is 9.33. The number of rotatable bonds is 7. The van der Waals surface area contributed by atoms with Gasteiger partial charge in [-0.2, -0.15) is 0 Å². The van der Waals surface area contributed by atoms with Crippen molar-refractivity contribution in [1.29, 1.82) is 0 Å². The molecule has 0 unspecified atom stereocenters. The van der Waals surface area contributed by atoms with Gasteiger partial charge in [0.05, 0.1) is 29.7 Å². The summed E-state index contributed by atoms with van der Waals surface area (Å²) < 4.78 is 43.6. The fraction of sp³-hybridized carbons (Fsp3) is 0.188. The van der Waals surface area contributed by atoms with E-state index in [1.165, 1.54) is 37.4 Å². The average molecular weight is 397 g/mol. The maximum Gasteiger partial charge on any atom is 0.271 e. The number of non-ortho nitro benzene ring substituents is 1. The largest absolute Gasteiger partial charge is 0.495 e. The van der Waals surface area contributed by atoms with E-state index >= 15 is 0 Å². The minimum Gasteiger partial charge on any atom is -0.495 e. The number of benzene rings is 2. The number of methoxy groups -OCH3 is 1. The second kappa shape index (κ2) is 7.99. The van der Waals surface area contributed by atoms with Gasteiger partial charge in [0.25, 0.3) is 5.69 Å². The molecule has 2 aromatic carbocycles. The number of sulfonamides is 1. The van der Waals surface area contributed by atoms with Crippen molar-refractivity contribution in [2.24, 2.45) is 0 Å². The van der Waals surface area contributed by atoms with Crippen LogP contribution in [0.1, 0.15) is 0 Å². The Bertz CT molecular complexity index is 980. The minimum atomic E-state index is -3.97. The Morgan fingerprint density at radius 3 is 2.52 bits per heavy atom. The molecule has 0 bridgehead atoms. The molecule has 0 radical (unpaired) electrons. The molecule has 144 valence electrons. The van der Waals surface area contributed by atoms with E-state index in [2.05, 4.69) is 5.32 Å². The molecule has 0 aliphatic carbocycles. The van der Waals surface area contributed by atoms with Crippen LogP contribution in [0.25, 0.3) is 0 Å². The molecule has 1 N–H and O–H groups in total. The number of halogens is 1. The molecule has 11 heteroatoms. The molecule has 0 heterocycles. The lowest BCUT2D eigenvalue weighted by Crippen LogP contribution is -2.38. The van der Waals surface area contributed by atoms with Crippen LogP contribution < -0.4 is 14.4 Å². The van der Waals surface area contributed by atoms with E-state index in [0.717, 1.165) is 18.4 Å². The SMILES string of the molecule is COc1ccc([N+](=O)[O-])cc1NC(=O)CN(c1ccccc1F)S(C)(=O)=O. The number of hydrogen-bond acceptors (Lipinski definition) is 6. The lowest BCUT2D eigenvalue weighted by molar-refractivity contribution is -0.384. The van der Waals surface area contributed by atoms with Gasteiger partial charge in [-0.25, -0.2) is 12.8 Å². The summed E-state index contributed by atoms with van der Waals surface area (Å²) in [5, 5.41) is 13.2. The predicted molar refractivity (Wildman–Crippen MR) is 96.9 cm³/mol. The molecule has 0 spiro atoms. The number of nitro benzene ring substituents is 1. The van der Waals surface area contributed by atoms with Crippen LogP contribution in [0, 0.1) is 15.9 Å². The van der Waals surface area contributed by atoms with Crippen LogP contribution in [0.15, 0.2) is 42.5 Å². The van der Waals surface area contributed by atoms with Crippen LogP contribution in [-0.4, -0.2) is 39.2 Å². The molecule has 27 heavy (non-hydrogen) atoms. The fourth-order valence-electron chi connectivity index (χ4n) is 2.26. The number of para-hydroxylation sites is 1. The molecule has 0 fully saturated rings. The van der Waals surface area contributed by atoms with E-state index in [-0.39, 0.29) is 22.8 Å². The quantitative estimate of drug-likeness (QED) is 0.565. The minimum absolute atomic E-state index is 0.0151. The number of carbonyl (C=O) groups is 1. The molecule has 9 nitrogen and oxygen atoms in total. The summed E-state index contributed by atoms with van der Waals surface area (Å²) in [6.07, 6.45) is 0.834. The number of hydrogen-bond donors (Lipinski definition) is 1. The Hall–Kier alpha value is -3.21. The third-order valence-electron chi connectivity index (χ3n) is 3.48. The van der Waals surface area contributed by atoms with Crippen molar-refractivity contribution in [3.63, 3.8) is 0 Å². The van der Waals surface area contributed by atoms with Crippen LogP contribution in [0.4, 0.5) is 21.5 Å². The Morgan fingerprint density at radius 1 is 1.30 bits per heavy atom. The third kappa shape index (κ3) is 4.91. The number of anilines is 2. The van der Waals surface area contributed by atoms with Crippen LogP contribution in [0.2, 0.25) is 0 Å². The lowest BCUT2D eigenvalue weighted by Gasteiger charge is -2.22. The molecule has 1 amide bonds. The molecule has 0 saturated carbocycles. The summed E-state index contributed by atoms with van der Waals surface area (Å²) >= 11 is 0. The summed E-state index contributed by atoms with van der Waals surface area (Å²) in [5.74, 6) is -1.50. The van der Waals surface area contributed by atoms with Gasteiger partial charge in [-0.1, -0.05) is 12.1 Å². The average Bonchev–Trinajstić information content (AvgIpc) is 2.59. The first-order chi connectivity index (χ1) is 12.6. The zero-order valence-electron chi connectivity index (χ0n) is 14.4. The van der Waals surface area contributed by atoms with Gasteiger partial charge in [-0.15, -0.1) is 0 Å². The number of nitrogens with zero attached hydrogens (tertiary/aromatic N) is 2. The molecule has 0 aromatic heterocycles. The van der Waals surface area contributed by atoms with E-state index < -0.39 is 33.2 Å². The molecule has 2 aromatic rings. The van der Waals surface area contributed by atoms with E-state index in [4.69, 9.17) is 4.74 Å². The molecule has 0 saturated heterocycles. The lowest BCUT2D eigenvalue weighted by atomic mass is 10.2. The van der Waals surface area contributed by atoms with E-state index in [1.807, 2.05) is 0 Å². The Morgan fingerprint density at radius 2 is 1.96 bits per heavy atom. The molecular formula is C16H16FN3O6S. The van der Waals surface area contributed by atoms with Gasteiger partial charge in [0.1, 0.15) is 18.1 Å². The zero-order valence-corrected chi connectivity index (χ0v) is 15.2. The highest BCUT2D eigenvalue weighted by atomic mass is 32.2. The number of nitro groups is 1.